The van der Waals surface area contributed by atoms with Crippen LogP contribution in [-0.4, -0.2) is 37.7 Å². The van der Waals surface area contributed by atoms with Gasteiger partial charge in [0, 0.05) is 32.3 Å². The van der Waals surface area contributed by atoms with Crippen LogP contribution in [0, 0.1) is 0 Å². The van der Waals surface area contributed by atoms with Gasteiger partial charge >= 0.3 is 0 Å². The van der Waals surface area contributed by atoms with Crippen LogP contribution in [0.3, 0.4) is 0 Å². The maximum absolute atomic E-state index is 6.12. The van der Waals surface area contributed by atoms with Gasteiger partial charge in [-0.25, -0.2) is 0 Å². The minimum atomic E-state index is 0.293. The van der Waals surface area contributed by atoms with Crippen LogP contribution in [0.5, 0.6) is 0 Å². The van der Waals surface area contributed by atoms with E-state index in [1.54, 1.807) is 7.11 Å². The van der Waals surface area contributed by atoms with Crippen molar-refractivity contribution in [3.63, 3.8) is 0 Å². The number of methoxy groups -OCH3 is 1. The molecule has 0 aromatic heterocycles. The quantitative estimate of drug-likeness (QED) is 0.793. The van der Waals surface area contributed by atoms with Crippen molar-refractivity contribution in [3.05, 3.63) is 35.4 Å². The number of nitrogens with zero attached hydrogens (tertiary/aromatic N) is 1. The molecule has 0 saturated heterocycles. The molecule has 1 atom stereocenters. The number of rotatable bonds is 8. The van der Waals surface area contributed by atoms with E-state index in [4.69, 9.17) is 10.5 Å². The van der Waals surface area contributed by atoms with Crippen molar-refractivity contribution in [1.29, 1.82) is 0 Å². The van der Waals surface area contributed by atoms with E-state index in [1.807, 2.05) is 0 Å². The number of hydrogen-bond acceptors (Lipinski definition) is 3. The third-order valence-corrected chi connectivity index (χ3v) is 4.21. The summed E-state index contributed by atoms with van der Waals surface area (Å²) in [6, 6.07) is 9.59. The minimum Gasteiger partial charge on any atom is -0.383 e. The fourth-order valence-electron chi connectivity index (χ4n) is 2.99. The summed E-state index contributed by atoms with van der Waals surface area (Å²) in [6.45, 7) is 6.80. The fourth-order valence-corrected chi connectivity index (χ4v) is 2.99. The average Bonchev–Trinajstić information content (AvgIpc) is 3.28. The van der Waals surface area contributed by atoms with Gasteiger partial charge in [-0.1, -0.05) is 24.3 Å². The fraction of sp³-hybridized carbons (Fsp3) is 0.647. The van der Waals surface area contributed by atoms with Crippen molar-refractivity contribution >= 4 is 0 Å². The van der Waals surface area contributed by atoms with Crippen molar-refractivity contribution in [2.24, 2.45) is 5.73 Å². The highest BCUT2D eigenvalue weighted by molar-refractivity contribution is 5.36. The molecule has 1 unspecified atom stereocenters. The molecular weight excluding hydrogens is 248 g/mol. The molecule has 0 amide bonds. The zero-order valence-corrected chi connectivity index (χ0v) is 13.0. The van der Waals surface area contributed by atoms with E-state index < -0.39 is 0 Å². The van der Waals surface area contributed by atoms with Crippen LogP contribution in [0.4, 0.5) is 0 Å². The van der Waals surface area contributed by atoms with Crippen LogP contribution >= 0.6 is 0 Å². The standard InChI is InChI=1S/C17H28N2O/c1-13(2)19(10-11-20-3)17(12-18)16-7-5-4-6-15(16)14-8-9-14/h4-7,13-14,17H,8-12,18H2,1-3H3. The van der Waals surface area contributed by atoms with Crippen LogP contribution in [0.2, 0.25) is 0 Å². The Morgan fingerprint density at radius 3 is 2.55 bits per heavy atom. The molecule has 1 fully saturated rings. The molecule has 112 valence electrons. The van der Waals surface area contributed by atoms with E-state index >= 15 is 0 Å². The third kappa shape index (κ3) is 3.60. The number of ether oxygens (including phenoxy) is 1. The highest BCUT2D eigenvalue weighted by Gasteiger charge is 2.30. The lowest BCUT2D eigenvalue weighted by molar-refractivity contribution is 0.0976. The molecule has 1 saturated carbocycles. The van der Waals surface area contributed by atoms with Crippen molar-refractivity contribution < 1.29 is 4.74 Å². The molecule has 2 N–H and O–H groups in total. The summed E-state index contributed by atoms with van der Waals surface area (Å²) in [4.78, 5) is 2.46. The van der Waals surface area contributed by atoms with E-state index in [2.05, 4.69) is 43.0 Å². The van der Waals surface area contributed by atoms with Crippen LogP contribution in [-0.2, 0) is 4.74 Å². The van der Waals surface area contributed by atoms with Gasteiger partial charge in [0.15, 0.2) is 0 Å². The molecule has 3 nitrogen and oxygen atoms in total. The Morgan fingerprint density at radius 1 is 1.30 bits per heavy atom. The van der Waals surface area contributed by atoms with E-state index in [0.29, 0.717) is 18.6 Å². The van der Waals surface area contributed by atoms with Gasteiger partial charge in [0.1, 0.15) is 0 Å². The predicted octanol–water partition coefficient (Wildman–Crippen LogP) is 2.92. The molecule has 3 heteroatoms. The Labute approximate surface area is 123 Å². The van der Waals surface area contributed by atoms with Gasteiger partial charge in [0.25, 0.3) is 0 Å². The zero-order valence-electron chi connectivity index (χ0n) is 13.0. The Morgan fingerprint density at radius 2 is 2.00 bits per heavy atom. The predicted molar refractivity (Wildman–Crippen MR) is 83.9 cm³/mol. The Balaban J connectivity index is 2.25. The van der Waals surface area contributed by atoms with Crippen molar-refractivity contribution in [2.45, 2.75) is 44.7 Å². The Kier molecular flexibility index (Phi) is 5.58. The lowest BCUT2D eigenvalue weighted by atomic mass is 9.95. The average molecular weight is 276 g/mol. The molecule has 0 heterocycles. The van der Waals surface area contributed by atoms with Crippen LogP contribution in [0.1, 0.15) is 49.8 Å². The summed E-state index contributed by atoms with van der Waals surface area (Å²) in [5.74, 6) is 0.761. The lowest BCUT2D eigenvalue weighted by Gasteiger charge is -2.35. The number of hydrogen-bond donors (Lipinski definition) is 1. The second kappa shape index (κ2) is 7.21. The summed E-state index contributed by atoms with van der Waals surface area (Å²) in [7, 11) is 1.76. The molecule has 1 aromatic carbocycles. The number of nitrogens with two attached hydrogens (primary N) is 1. The van der Waals surface area contributed by atoms with Gasteiger partial charge in [-0.15, -0.1) is 0 Å². The number of benzene rings is 1. The molecule has 0 radical (unpaired) electrons. The maximum atomic E-state index is 6.12. The van der Waals surface area contributed by atoms with Gasteiger partial charge < -0.3 is 10.5 Å². The molecule has 1 aliphatic carbocycles. The second-order valence-corrected chi connectivity index (χ2v) is 5.98. The van der Waals surface area contributed by atoms with E-state index in [9.17, 15) is 0 Å². The van der Waals surface area contributed by atoms with E-state index in [1.165, 1.54) is 24.0 Å². The van der Waals surface area contributed by atoms with Crippen molar-refractivity contribution in [3.8, 4) is 0 Å². The third-order valence-electron chi connectivity index (χ3n) is 4.21. The summed E-state index contributed by atoms with van der Waals surface area (Å²) < 4.78 is 5.26. The van der Waals surface area contributed by atoms with Crippen LogP contribution in [0.15, 0.2) is 24.3 Å². The molecular formula is C17H28N2O. The maximum Gasteiger partial charge on any atom is 0.0590 e. The second-order valence-electron chi connectivity index (χ2n) is 5.98. The Bertz CT molecular complexity index is 415. The first-order valence-electron chi connectivity index (χ1n) is 7.72. The summed E-state index contributed by atoms with van der Waals surface area (Å²) in [5, 5.41) is 0. The first kappa shape index (κ1) is 15.5. The first-order chi connectivity index (χ1) is 9.69. The van der Waals surface area contributed by atoms with Crippen molar-refractivity contribution in [2.75, 3.05) is 26.8 Å². The normalized spacial score (nSPS) is 16.9. The summed E-state index contributed by atoms with van der Waals surface area (Å²) in [6.07, 6.45) is 2.65. The van der Waals surface area contributed by atoms with Gasteiger partial charge in [0.2, 0.25) is 0 Å². The smallest absolute Gasteiger partial charge is 0.0590 e. The van der Waals surface area contributed by atoms with E-state index in [0.717, 1.165) is 19.1 Å². The molecule has 0 bridgehead atoms. The SMILES string of the molecule is COCCN(C(C)C)C(CN)c1ccccc1C1CC1. The highest BCUT2D eigenvalue weighted by atomic mass is 16.5. The van der Waals surface area contributed by atoms with Crippen LogP contribution in [0.25, 0.3) is 0 Å². The van der Waals surface area contributed by atoms with Gasteiger partial charge in [-0.2, -0.15) is 0 Å². The molecule has 1 aromatic rings. The molecule has 0 aliphatic heterocycles. The topological polar surface area (TPSA) is 38.5 Å². The van der Waals surface area contributed by atoms with Gasteiger partial charge in [-0.3, -0.25) is 4.90 Å². The summed E-state index contributed by atoms with van der Waals surface area (Å²) in [5.41, 5.74) is 9.05. The molecule has 20 heavy (non-hydrogen) atoms. The summed E-state index contributed by atoms with van der Waals surface area (Å²) >= 11 is 0. The Hall–Kier alpha value is -0.900. The highest BCUT2D eigenvalue weighted by Crippen LogP contribution is 2.43. The minimum absolute atomic E-state index is 0.293. The van der Waals surface area contributed by atoms with Gasteiger partial charge in [0.05, 0.1) is 6.61 Å². The molecule has 0 spiro atoms. The lowest BCUT2D eigenvalue weighted by Crippen LogP contribution is -2.41. The molecule has 2 rings (SSSR count). The monoisotopic (exact) mass is 276 g/mol. The molecule has 1 aliphatic rings. The largest absolute Gasteiger partial charge is 0.383 e. The first-order valence-corrected chi connectivity index (χ1v) is 7.72. The zero-order chi connectivity index (χ0) is 14.5. The van der Waals surface area contributed by atoms with E-state index in [-0.39, 0.29) is 0 Å². The van der Waals surface area contributed by atoms with Crippen LogP contribution < -0.4 is 5.73 Å². The van der Waals surface area contributed by atoms with Crippen molar-refractivity contribution in [1.82, 2.24) is 4.90 Å². The van der Waals surface area contributed by atoms with Gasteiger partial charge in [-0.05, 0) is 43.7 Å².